The summed E-state index contributed by atoms with van der Waals surface area (Å²) in [6.45, 7) is 4.39. The third-order valence-electron chi connectivity index (χ3n) is 8.32. The summed E-state index contributed by atoms with van der Waals surface area (Å²) >= 11 is 1.06. The second-order valence-electron chi connectivity index (χ2n) is 11.3. The average Bonchev–Trinajstić information content (AvgIpc) is 3.32. The Labute approximate surface area is 242 Å². The number of nitrogens with one attached hydrogen (secondary N) is 1. The first-order valence-electron chi connectivity index (χ1n) is 13.8. The number of rotatable bonds is 7. The van der Waals surface area contributed by atoms with Gasteiger partial charge in [0.1, 0.15) is 23.9 Å². The van der Waals surface area contributed by atoms with Crippen LogP contribution in [0.1, 0.15) is 60.7 Å². The van der Waals surface area contributed by atoms with Gasteiger partial charge in [-0.2, -0.15) is 13.2 Å². The van der Waals surface area contributed by atoms with Crippen LogP contribution in [0.2, 0.25) is 0 Å². The van der Waals surface area contributed by atoms with Crippen LogP contribution in [0.4, 0.5) is 24.7 Å². The van der Waals surface area contributed by atoms with Crippen LogP contribution in [0, 0.1) is 5.41 Å². The van der Waals surface area contributed by atoms with Crippen LogP contribution >= 0.6 is 11.3 Å². The Morgan fingerprint density at radius 1 is 1.17 bits per heavy atom. The van der Waals surface area contributed by atoms with E-state index in [0.717, 1.165) is 98.2 Å². The van der Waals surface area contributed by atoms with Gasteiger partial charge in [-0.15, -0.1) is 21.5 Å². The van der Waals surface area contributed by atoms with Gasteiger partial charge in [0.25, 0.3) is 5.91 Å². The lowest BCUT2D eigenvalue weighted by molar-refractivity contribution is -0.162. The molecule has 1 amide bonds. The van der Waals surface area contributed by atoms with Crippen molar-refractivity contribution in [1.29, 1.82) is 0 Å². The summed E-state index contributed by atoms with van der Waals surface area (Å²) in [6.07, 6.45) is 6.40. The molecule has 3 fully saturated rings. The summed E-state index contributed by atoms with van der Waals surface area (Å²) < 4.78 is 48.3. The van der Waals surface area contributed by atoms with Crippen LogP contribution in [0.25, 0.3) is 16.5 Å². The van der Waals surface area contributed by atoms with Gasteiger partial charge in [0.15, 0.2) is 10.8 Å². The van der Waals surface area contributed by atoms with Crippen molar-refractivity contribution in [2.24, 2.45) is 5.41 Å². The molecule has 4 aromatic heterocycles. The number of aromatic nitrogens is 7. The van der Waals surface area contributed by atoms with Crippen molar-refractivity contribution in [2.75, 3.05) is 36.5 Å². The molecule has 1 N–H and O–H groups in total. The van der Waals surface area contributed by atoms with Crippen molar-refractivity contribution in [3.8, 4) is 16.5 Å². The van der Waals surface area contributed by atoms with Crippen molar-refractivity contribution < 1.29 is 22.7 Å². The van der Waals surface area contributed by atoms with Gasteiger partial charge in [-0.1, -0.05) is 0 Å². The highest BCUT2D eigenvalue weighted by Gasteiger charge is 2.45. The maximum Gasteiger partial charge on any atom is 0.408 e. The molecule has 2 aliphatic heterocycles. The largest absolute Gasteiger partial charge is 0.408 e. The highest BCUT2D eigenvalue weighted by atomic mass is 32.1. The standard InChI is InChI=1S/C27H28F3N9O2S/c1-16(27(28,29)30)39-15-33-36-23(39)25-35-22(11-42-25)34-24(40)18-8-20(37-10-19(32-14-37)17-2-3-17)21(9-31-18)38-12-26(13-38)4-6-41-7-5-26/h8-11,14-17H,2-7,12-13H2,1H3,(H,34,40). The van der Waals surface area contributed by atoms with E-state index < -0.39 is 18.1 Å². The van der Waals surface area contributed by atoms with E-state index in [4.69, 9.17) is 4.74 Å². The lowest BCUT2D eigenvalue weighted by Crippen LogP contribution is -2.58. The number of ether oxygens (including phenoxy) is 1. The smallest absolute Gasteiger partial charge is 0.381 e. The Bertz CT molecular complexity index is 1610. The molecule has 0 radical (unpaired) electrons. The van der Waals surface area contributed by atoms with E-state index in [9.17, 15) is 18.0 Å². The molecule has 1 unspecified atom stereocenters. The van der Waals surface area contributed by atoms with Crippen LogP contribution in [-0.4, -0.2) is 72.7 Å². The van der Waals surface area contributed by atoms with Crippen LogP contribution in [0.15, 0.2) is 36.5 Å². The lowest BCUT2D eigenvalue weighted by atomic mass is 9.73. The van der Waals surface area contributed by atoms with Gasteiger partial charge in [-0.05, 0) is 38.7 Å². The number of hydrogen-bond acceptors (Lipinski definition) is 9. The van der Waals surface area contributed by atoms with E-state index in [2.05, 4.69) is 35.4 Å². The third kappa shape index (κ3) is 5.04. The number of halogens is 3. The van der Waals surface area contributed by atoms with Gasteiger partial charge in [0.2, 0.25) is 0 Å². The molecule has 0 aromatic carbocycles. The fraction of sp³-hybridized carbons (Fsp3) is 0.481. The molecule has 2 saturated heterocycles. The quantitative estimate of drug-likeness (QED) is 0.321. The first-order valence-corrected chi connectivity index (χ1v) is 14.7. The molecule has 1 aliphatic carbocycles. The molecular weight excluding hydrogens is 571 g/mol. The Kier molecular flexibility index (Phi) is 6.53. The van der Waals surface area contributed by atoms with Crippen LogP contribution in [0.5, 0.6) is 0 Å². The average molecular weight is 600 g/mol. The Hall–Kier alpha value is -3.85. The molecule has 42 heavy (non-hydrogen) atoms. The number of hydrogen-bond donors (Lipinski definition) is 1. The van der Waals surface area contributed by atoms with E-state index in [1.807, 2.05) is 10.8 Å². The molecule has 1 saturated carbocycles. The minimum atomic E-state index is -4.48. The molecule has 4 aromatic rings. The van der Waals surface area contributed by atoms with Gasteiger partial charge in [-0.25, -0.2) is 15.0 Å². The van der Waals surface area contributed by atoms with E-state index in [1.54, 1.807) is 24.0 Å². The molecule has 3 aliphatic rings. The monoisotopic (exact) mass is 599 g/mol. The number of alkyl halides is 3. The third-order valence-corrected chi connectivity index (χ3v) is 9.16. The summed E-state index contributed by atoms with van der Waals surface area (Å²) in [5, 5.41) is 11.9. The zero-order valence-corrected chi connectivity index (χ0v) is 23.5. The Balaban J connectivity index is 1.13. The van der Waals surface area contributed by atoms with Crippen molar-refractivity contribution in [1.82, 2.24) is 34.3 Å². The summed E-state index contributed by atoms with van der Waals surface area (Å²) in [4.78, 5) is 29.0. The topological polar surface area (TPSA) is 116 Å². The van der Waals surface area contributed by atoms with Crippen LogP contribution < -0.4 is 10.2 Å². The molecule has 11 nitrogen and oxygen atoms in total. The number of thiazole rings is 1. The Morgan fingerprint density at radius 2 is 1.95 bits per heavy atom. The van der Waals surface area contributed by atoms with E-state index >= 15 is 0 Å². The van der Waals surface area contributed by atoms with Crippen molar-refractivity contribution in [3.63, 3.8) is 0 Å². The maximum absolute atomic E-state index is 13.3. The van der Waals surface area contributed by atoms with Crippen molar-refractivity contribution >= 4 is 28.7 Å². The summed E-state index contributed by atoms with van der Waals surface area (Å²) in [7, 11) is 0. The number of carbonyl (C=O) groups excluding carboxylic acids is 1. The SMILES string of the molecule is CC(n1cnnc1-c1nc(NC(=O)c2cc(-n3cnc(C4CC4)c3)c(N3CC4(CCOCC4)C3)cn2)cs1)C(F)(F)F. The van der Waals surface area contributed by atoms with Crippen molar-refractivity contribution in [2.45, 2.75) is 50.7 Å². The molecule has 1 atom stereocenters. The molecule has 1 spiro atoms. The van der Waals surface area contributed by atoms with E-state index in [1.165, 1.54) is 0 Å². The molecular formula is C27H28F3N9O2S. The van der Waals surface area contributed by atoms with Gasteiger partial charge in [-0.3, -0.25) is 9.36 Å². The predicted octanol–water partition coefficient (Wildman–Crippen LogP) is 4.85. The fourth-order valence-electron chi connectivity index (χ4n) is 5.58. The number of carbonyl (C=O) groups is 1. The first kappa shape index (κ1) is 27.0. The van der Waals surface area contributed by atoms with Gasteiger partial charge in [0, 0.05) is 49.2 Å². The zero-order chi connectivity index (χ0) is 29.1. The van der Waals surface area contributed by atoms with Gasteiger partial charge in [0.05, 0.1) is 29.6 Å². The number of anilines is 2. The van der Waals surface area contributed by atoms with Gasteiger partial charge >= 0.3 is 6.18 Å². The second-order valence-corrected chi connectivity index (χ2v) is 12.1. The summed E-state index contributed by atoms with van der Waals surface area (Å²) in [6, 6.07) is -0.0886. The molecule has 220 valence electrons. The summed E-state index contributed by atoms with van der Waals surface area (Å²) in [5.41, 5.74) is 3.21. The highest BCUT2D eigenvalue weighted by Crippen LogP contribution is 2.44. The zero-order valence-electron chi connectivity index (χ0n) is 22.7. The highest BCUT2D eigenvalue weighted by molar-refractivity contribution is 7.13. The number of nitrogens with zero attached hydrogens (tertiary/aromatic N) is 8. The number of amides is 1. The molecule has 7 rings (SSSR count). The minimum Gasteiger partial charge on any atom is -0.381 e. The lowest BCUT2D eigenvalue weighted by Gasteiger charge is -2.53. The Morgan fingerprint density at radius 3 is 2.69 bits per heavy atom. The second kappa shape index (κ2) is 10.2. The number of imidazole rings is 1. The van der Waals surface area contributed by atoms with Crippen LogP contribution in [0.3, 0.4) is 0 Å². The maximum atomic E-state index is 13.3. The van der Waals surface area contributed by atoms with Crippen molar-refractivity contribution in [3.05, 3.63) is 47.9 Å². The van der Waals surface area contributed by atoms with Crippen LogP contribution in [-0.2, 0) is 4.74 Å². The number of pyridine rings is 1. The first-order chi connectivity index (χ1) is 20.2. The molecule has 15 heteroatoms. The predicted molar refractivity (Wildman–Crippen MR) is 148 cm³/mol. The normalized spacial score (nSPS) is 19.1. The summed E-state index contributed by atoms with van der Waals surface area (Å²) in [5.74, 6) is 0.150. The molecule has 6 heterocycles. The molecule has 0 bridgehead atoms. The fourth-order valence-corrected chi connectivity index (χ4v) is 6.31. The van der Waals surface area contributed by atoms with Gasteiger partial charge < -0.3 is 19.5 Å². The van der Waals surface area contributed by atoms with E-state index in [-0.39, 0.29) is 27.8 Å². The van der Waals surface area contributed by atoms with E-state index in [0.29, 0.717) is 5.92 Å². The minimum absolute atomic E-state index is 0.0292.